The molecule has 0 aromatic heterocycles. The summed E-state index contributed by atoms with van der Waals surface area (Å²) in [5.74, 6) is 0.550. The van der Waals surface area contributed by atoms with Crippen molar-refractivity contribution in [2.45, 2.75) is 46.6 Å². The first-order valence-electron chi connectivity index (χ1n) is 7.11. The molecule has 2 heteroatoms. The molecule has 0 fully saturated rings. The first-order valence-corrected chi connectivity index (χ1v) is 7.11. The van der Waals surface area contributed by atoms with E-state index in [1.165, 1.54) is 5.56 Å². The summed E-state index contributed by atoms with van der Waals surface area (Å²) in [6.45, 7) is 9.87. The SMILES string of the molecule is CC(C)C(NCC(C)(C)CCC#N)c1ccccc1. The molecule has 1 aromatic carbocycles. The number of hydrogen-bond donors (Lipinski definition) is 1. The van der Waals surface area contributed by atoms with Crippen LogP contribution in [0.5, 0.6) is 0 Å². The molecule has 0 aliphatic rings. The number of rotatable bonds is 7. The molecule has 0 spiro atoms. The fraction of sp³-hybridized carbons (Fsp3) is 0.588. The van der Waals surface area contributed by atoms with E-state index in [4.69, 9.17) is 5.26 Å². The van der Waals surface area contributed by atoms with Crippen molar-refractivity contribution >= 4 is 0 Å². The standard InChI is InChI=1S/C17H26N2/c1-14(2)16(15-9-6-5-7-10-15)19-13-17(3,4)11-8-12-18/h5-7,9-10,14,16,19H,8,11,13H2,1-4H3. The molecule has 1 unspecified atom stereocenters. The Morgan fingerprint density at radius 1 is 1.21 bits per heavy atom. The molecule has 19 heavy (non-hydrogen) atoms. The minimum atomic E-state index is 0.164. The Morgan fingerprint density at radius 2 is 1.84 bits per heavy atom. The molecular weight excluding hydrogens is 232 g/mol. The monoisotopic (exact) mass is 258 g/mol. The normalized spacial score (nSPS) is 13.3. The molecule has 0 saturated carbocycles. The van der Waals surface area contributed by atoms with Crippen LogP contribution >= 0.6 is 0 Å². The fourth-order valence-electron chi connectivity index (χ4n) is 2.27. The van der Waals surface area contributed by atoms with Crippen LogP contribution in [0.4, 0.5) is 0 Å². The van der Waals surface area contributed by atoms with Gasteiger partial charge in [0.05, 0.1) is 6.07 Å². The lowest BCUT2D eigenvalue weighted by atomic mass is 9.86. The summed E-state index contributed by atoms with van der Waals surface area (Å²) in [6, 6.07) is 13.2. The highest BCUT2D eigenvalue weighted by Crippen LogP contribution is 2.26. The van der Waals surface area contributed by atoms with E-state index in [1.54, 1.807) is 0 Å². The zero-order chi connectivity index (χ0) is 14.3. The topological polar surface area (TPSA) is 35.8 Å². The van der Waals surface area contributed by atoms with Gasteiger partial charge in [-0.25, -0.2) is 0 Å². The third-order valence-electron chi connectivity index (χ3n) is 3.54. The third-order valence-corrected chi connectivity index (χ3v) is 3.54. The van der Waals surface area contributed by atoms with Gasteiger partial charge < -0.3 is 5.32 Å². The van der Waals surface area contributed by atoms with Crippen molar-refractivity contribution in [2.75, 3.05) is 6.54 Å². The number of benzene rings is 1. The van der Waals surface area contributed by atoms with Gasteiger partial charge in [0.1, 0.15) is 0 Å². The minimum Gasteiger partial charge on any atom is -0.309 e. The molecule has 0 aliphatic heterocycles. The largest absolute Gasteiger partial charge is 0.309 e. The van der Waals surface area contributed by atoms with Gasteiger partial charge in [0, 0.05) is 19.0 Å². The summed E-state index contributed by atoms with van der Waals surface area (Å²) >= 11 is 0. The van der Waals surface area contributed by atoms with E-state index in [2.05, 4.69) is 69.4 Å². The van der Waals surface area contributed by atoms with Gasteiger partial charge in [0.2, 0.25) is 0 Å². The molecule has 0 radical (unpaired) electrons. The van der Waals surface area contributed by atoms with Crippen LogP contribution in [0.3, 0.4) is 0 Å². The molecule has 1 N–H and O–H groups in total. The Balaban J connectivity index is 2.64. The average molecular weight is 258 g/mol. The summed E-state index contributed by atoms with van der Waals surface area (Å²) in [7, 11) is 0. The van der Waals surface area contributed by atoms with E-state index in [0.29, 0.717) is 18.4 Å². The van der Waals surface area contributed by atoms with Gasteiger partial charge >= 0.3 is 0 Å². The van der Waals surface area contributed by atoms with Crippen LogP contribution in [0.15, 0.2) is 30.3 Å². The number of hydrogen-bond acceptors (Lipinski definition) is 2. The van der Waals surface area contributed by atoms with E-state index in [9.17, 15) is 0 Å². The van der Waals surface area contributed by atoms with Crippen LogP contribution in [0.2, 0.25) is 0 Å². The lowest BCUT2D eigenvalue weighted by Crippen LogP contribution is -2.34. The summed E-state index contributed by atoms with van der Waals surface area (Å²) in [5, 5.41) is 12.4. The quantitative estimate of drug-likeness (QED) is 0.791. The van der Waals surface area contributed by atoms with E-state index in [-0.39, 0.29) is 5.41 Å². The Bertz CT molecular complexity index is 401. The highest BCUT2D eigenvalue weighted by molar-refractivity contribution is 5.19. The van der Waals surface area contributed by atoms with Crippen molar-refractivity contribution in [1.82, 2.24) is 5.32 Å². The maximum atomic E-state index is 8.70. The number of nitrogens with one attached hydrogen (secondary N) is 1. The summed E-state index contributed by atoms with van der Waals surface area (Å²) in [5.41, 5.74) is 1.51. The zero-order valence-corrected chi connectivity index (χ0v) is 12.6. The minimum absolute atomic E-state index is 0.164. The van der Waals surface area contributed by atoms with Gasteiger partial charge in [0.25, 0.3) is 0 Å². The Hall–Kier alpha value is -1.33. The lowest BCUT2D eigenvalue weighted by Gasteiger charge is -2.30. The van der Waals surface area contributed by atoms with Crippen LogP contribution < -0.4 is 5.32 Å². The van der Waals surface area contributed by atoms with Crippen LogP contribution in [-0.2, 0) is 0 Å². The molecule has 0 aliphatic carbocycles. The highest BCUT2D eigenvalue weighted by Gasteiger charge is 2.21. The summed E-state index contributed by atoms with van der Waals surface area (Å²) in [4.78, 5) is 0. The highest BCUT2D eigenvalue weighted by atomic mass is 14.9. The van der Waals surface area contributed by atoms with Gasteiger partial charge in [-0.1, -0.05) is 58.0 Å². The van der Waals surface area contributed by atoms with E-state index in [0.717, 1.165) is 13.0 Å². The lowest BCUT2D eigenvalue weighted by molar-refractivity contribution is 0.280. The molecule has 0 heterocycles. The number of nitriles is 1. The van der Waals surface area contributed by atoms with Crippen molar-refractivity contribution in [3.05, 3.63) is 35.9 Å². The van der Waals surface area contributed by atoms with E-state index < -0.39 is 0 Å². The second-order valence-electron chi connectivity index (χ2n) is 6.34. The molecule has 2 nitrogen and oxygen atoms in total. The number of nitrogens with zero attached hydrogens (tertiary/aromatic N) is 1. The maximum absolute atomic E-state index is 8.70. The van der Waals surface area contributed by atoms with Crippen molar-refractivity contribution in [3.63, 3.8) is 0 Å². The molecule has 104 valence electrons. The molecule has 1 aromatic rings. The summed E-state index contributed by atoms with van der Waals surface area (Å²) < 4.78 is 0. The van der Waals surface area contributed by atoms with Crippen molar-refractivity contribution in [2.24, 2.45) is 11.3 Å². The molecule has 0 saturated heterocycles. The fourth-order valence-corrected chi connectivity index (χ4v) is 2.27. The molecule has 0 amide bonds. The van der Waals surface area contributed by atoms with Gasteiger partial charge in [-0.3, -0.25) is 0 Å². The van der Waals surface area contributed by atoms with Gasteiger partial charge in [-0.2, -0.15) is 5.26 Å². The third kappa shape index (κ3) is 5.44. The molecule has 0 bridgehead atoms. The van der Waals surface area contributed by atoms with Crippen LogP contribution in [0.25, 0.3) is 0 Å². The van der Waals surface area contributed by atoms with Gasteiger partial charge in [-0.15, -0.1) is 0 Å². The predicted octanol–water partition coefficient (Wildman–Crippen LogP) is 4.30. The smallest absolute Gasteiger partial charge is 0.0621 e. The predicted molar refractivity (Wildman–Crippen MR) is 80.7 cm³/mol. The van der Waals surface area contributed by atoms with E-state index >= 15 is 0 Å². The second-order valence-corrected chi connectivity index (χ2v) is 6.34. The first kappa shape index (κ1) is 15.7. The second kappa shape index (κ2) is 7.31. The molecule has 1 rings (SSSR count). The Morgan fingerprint density at radius 3 is 2.37 bits per heavy atom. The van der Waals surface area contributed by atoms with Crippen LogP contribution in [-0.4, -0.2) is 6.54 Å². The maximum Gasteiger partial charge on any atom is 0.0621 e. The Kier molecular flexibility index (Phi) is 6.05. The van der Waals surface area contributed by atoms with Gasteiger partial charge in [-0.05, 0) is 23.3 Å². The van der Waals surface area contributed by atoms with Crippen LogP contribution in [0.1, 0.15) is 52.1 Å². The van der Waals surface area contributed by atoms with Gasteiger partial charge in [0.15, 0.2) is 0 Å². The van der Waals surface area contributed by atoms with Crippen molar-refractivity contribution in [3.8, 4) is 6.07 Å². The van der Waals surface area contributed by atoms with E-state index in [1.807, 2.05) is 0 Å². The molecular formula is C17H26N2. The average Bonchev–Trinajstić information content (AvgIpc) is 2.37. The zero-order valence-electron chi connectivity index (χ0n) is 12.6. The summed E-state index contributed by atoms with van der Waals surface area (Å²) in [6.07, 6.45) is 1.57. The first-order chi connectivity index (χ1) is 8.96. The Labute approximate surface area is 117 Å². The van der Waals surface area contributed by atoms with Crippen molar-refractivity contribution in [1.29, 1.82) is 5.26 Å². The molecule has 1 atom stereocenters. The van der Waals surface area contributed by atoms with Crippen molar-refractivity contribution < 1.29 is 0 Å². The van der Waals surface area contributed by atoms with Crippen LogP contribution in [0, 0.1) is 22.7 Å².